The predicted octanol–water partition coefficient (Wildman–Crippen LogP) is 2.70. The molecule has 116 valence electrons. The van der Waals surface area contributed by atoms with Crippen LogP contribution in [0.4, 0.5) is 5.82 Å². The van der Waals surface area contributed by atoms with Gasteiger partial charge in [0.05, 0.1) is 16.6 Å². The molecule has 1 aromatic carbocycles. The molecule has 2 fully saturated rings. The Balaban J connectivity index is 1.67. The first-order chi connectivity index (χ1) is 10.4. The molecule has 22 heavy (non-hydrogen) atoms. The second-order valence-corrected chi connectivity index (χ2v) is 7.29. The van der Waals surface area contributed by atoms with E-state index in [1.165, 1.54) is 12.8 Å². The van der Waals surface area contributed by atoms with Gasteiger partial charge in [-0.25, -0.2) is 0 Å². The van der Waals surface area contributed by atoms with Gasteiger partial charge in [0.15, 0.2) is 11.4 Å². The van der Waals surface area contributed by atoms with Crippen molar-refractivity contribution in [3.05, 3.63) is 18.2 Å². The molecule has 1 saturated carbocycles. The first-order valence-corrected chi connectivity index (χ1v) is 7.87. The third kappa shape index (κ3) is 2.21. The van der Waals surface area contributed by atoms with Crippen LogP contribution < -0.4 is 10.8 Å². The summed E-state index contributed by atoms with van der Waals surface area (Å²) in [6.07, 6.45) is 2.40. The van der Waals surface area contributed by atoms with Gasteiger partial charge in [0.1, 0.15) is 0 Å². The maximum absolute atomic E-state index is 6.12. The minimum atomic E-state index is -0.363. The van der Waals surface area contributed by atoms with Gasteiger partial charge < -0.3 is 19.1 Å². The molecule has 1 aromatic heterocycles. The molecule has 2 heterocycles. The van der Waals surface area contributed by atoms with E-state index in [0.717, 1.165) is 22.2 Å². The molecular weight excluding hydrogens is 279 g/mol. The van der Waals surface area contributed by atoms with E-state index in [1.807, 2.05) is 12.1 Å². The van der Waals surface area contributed by atoms with Crippen molar-refractivity contribution in [3.8, 4) is 0 Å². The summed E-state index contributed by atoms with van der Waals surface area (Å²) in [6.45, 7) is 8.24. The molecule has 2 aliphatic rings. The van der Waals surface area contributed by atoms with Gasteiger partial charge in [-0.1, -0.05) is 11.2 Å². The van der Waals surface area contributed by atoms with Gasteiger partial charge in [-0.05, 0) is 58.1 Å². The normalized spacial score (nSPS) is 23.2. The highest BCUT2D eigenvalue weighted by Crippen LogP contribution is 2.37. The van der Waals surface area contributed by atoms with Crippen molar-refractivity contribution < 1.29 is 13.8 Å². The van der Waals surface area contributed by atoms with E-state index >= 15 is 0 Å². The molecule has 1 aliphatic carbocycles. The maximum atomic E-state index is 6.12. The number of hydrogen-bond donors (Lipinski definition) is 1. The molecule has 0 bridgehead atoms. The Morgan fingerprint density at radius 1 is 1.14 bits per heavy atom. The summed E-state index contributed by atoms with van der Waals surface area (Å²) in [5, 5.41) is 8.52. The van der Waals surface area contributed by atoms with Crippen molar-refractivity contribution in [2.75, 3.05) is 5.32 Å². The molecule has 0 unspecified atom stereocenters. The number of nitrogens with zero attached hydrogens (tertiary/aromatic N) is 1. The van der Waals surface area contributed by atoms with Crippen LogP contribution in [0.15, 0.2) is 22.7 Å². The van der Waals surface area contributed by atoms with Gasteiger partial charge in [0.2, 0.25) is 0 Å². The molecule has 1 saturated heterocycles. The Labute approximate surface area is 130 Å². The molecule has 0 amide bonds. The smallest absolute Gasteiger partial charge is 0.399 e. The molecule has 5 nitrogen and oxygen atoms in total. The number of nitrogens with one attached hydrogen (secondary N) is 1. The van der Waals surface area contributed by atoms with Crippen LogP contribution in [-0.4, -0.2) is 29.5 Å². The number of anilines is 1. The minimum absolute atomic E-state index is 0.337. The van der Waals surface area contributed by atoms with Gasteiger partial charge in [-0.2, -0.15) is 0 Å². The van der Waals surface area contributed by atoms with Gasteiger partial charge in [0, 0.05) is 6.04 Å². The molecule has 0 atom stereocenters. The van der Waals surface area contributed by atoms with Crippen LogP contribution in [-0.2, 0) is 9.31 Å². The Kier molecular flexibility index (Phi) is 2.88. The number of fused-ring (bicyclic) bond motifs is 1. The number of rotatable bonds is 3. The van der Waals surface area contributed by atoms with E-state index in [0.29, 0.717) is 6.04 Å². The van der Waals surface area contributed by atoms with Crippen LogP contribution in [0, 0.1) is 0 Å². The molecular formula is C16H21BN2O3. The second-order valence-electron chi connectivity index (χ2n) is 7.29. The third-order valence-corrected chi connectivity index (χ3v) is 4.94. The Morgan fingerprint density at radius 3 is 2.45 bits per heavy atom. The summed E-state index contributed by atoms with van der Waals surface area (Å²) in [7, 11) is -0.363. The van der Waals surface area contributed by atoms with Crippen molar-refractivity contribution in [3.63, 3.8) is 0 Å². The lowest BCUT2D eigenvalue weighted by Crippen LogP contribution is -2.41. The minimum Gasteiger partial charge on any atom is -0.399 e. The summed E-state index contributed by atoms with van der Waals surface area (Å²) >= 11 is 0. The van der Waals surface area contributed by atoms with Gasteiger partial charge in [-0.15, -0.1) is 0 Å². The third-order valence-electron chi connectivity index (χ3n) is 4.94. The summed E-state index contributed by atoms with van der Waals surface area (Å²) in [4.78, 5) is 0. The molecule has 2 aromatic rings. The van der Waals surface area contributed by atoms with Crippen molar-refractivity contribution in [2.45, 2.75) is 57.8 Å². The highest BCUT2D eigenvalue weighted by molar-refractivity contribution is 6.62. The second kappa shape index (κ2) is 4.49. The van der Waals surface area contributed by atoms with E-state index in [1.54, 1.807) is 0 Å². The van der Waals surface area contributed by atoms with Crippen LogP contribution in [0.25, 0.3) is 11.0 Å². The Hall–Kier alpha value is -1.53. The lowest BCUT2D eigenvalue weighted by Gasteiger charge is -2.32. The fraction of sp³-hybridized carbons (Fsp3) is 0.562. The lowest BCUT2D eigenvalue weighted by molar-refractivity contribution is 0.00578. The average molecular weight is 300 g/mol. The number of hydrogen-bond acceptors (Lipinski definition) is 5. The zero-order valence-corrected chi connectivity index (χ0v) is 13.5. The molecule has 1 N–H and O–H groups in total. The standard InChI is InChI=1S/C16H21BN2O3/c1-15(2)16(3,4)22-17(21-15)10-5-8-13-12(9-10)14(19-20-13)18-11-6-7-11/h5,8-9,11H,6-7H2,1-4H3,(H,18,19). The van der Waals surface area contributed by atoms with Gasteiger partial charge >= 0.3 is 7.12 Å². The Bertz CT molecular complexity index is 705. The maximum Gasteiger partial charge on any atom is 0.494 e. The fourth-order valence-electron chi connectivity index (χ4n) is 2.61. The molecule has 0 spiro atoms. The van der Waals surface area contributed by atoms with Gasteiger partial charge in [0.25, 0.3) is 0 Å². The summed E-state index contributed by atoms with van der Waals surface area (Å²) in [5.74, 6) is 0.816. The topological polar surface area (TPSA) is 56.5 Å². The van der Waals surface area contributed by atoms with E-state index < -0.39 is 0 Å². The highest BCUT2D eigenvalue weighted by atomic mass is 16.7. The molecule has 4 rings (SSSR count). The Morgan fingerprint density at radius 2 is 1.82 bits per heavy atom. The predicted molar refractivity (Wildman–Crippen MR) is 86.4 cm³/mol. The summed E-state index contributed by atoms with van der Waals surface area (Å²) in [6, 6.07) is 6.50. The fourth-order valence-corrected chi connectivity index (χ4v) is 2.61. The highest BCUT2D eigenvalue weighted by Gasteiger charge is 2.51. The number of aromatic nitrogens is 1. The van der Waals surface area contributed by atoms with E-state index in [9.17, 15) is 0 Å². The van der Waals surface area contributed by atoms with Crippen molar-refractivity contribution in [1.29, 1.82) is 0 Å². The summed E-state index contributed by atoms with van der Waals surface area (Å²) in [5.41, 5.74) is 1.10. The van der Waals surface area contributed by atoms with Crippen molar-refractivity contribution in [2.24, 2.45) is 0 Å². The van der Waals surface area contributed by atoms with Crippen LogP contribution in [0.5, 0.6) is 0 Å². The van der Waals surface area contributed by atoms with Crippen molar-refractivity contribution >= 4 is 29.4 Å². The van der Waals surface area contributed by atoms with Crippen molar-refractivity contribution in [1.82, 2.24) is 5.16 Å². The van der Waals surface area contributed by atoms with E-state index in [-0.39, 0.29) is 18.3 Å². The molecule has 1 aliphatic heterocycles. The number of benzene rings is 1. The molecule has 0 radical (unpaired) electrons. The zero-order valence-electron chi connectivity index (χ0n) is 13.5. The van der Waals surface area contributed by atoms with Crippen LogP contribution in [0.3, 0.4) is 0 Å². The van der Waals surface area contributed by atoms with E-state index in [2.05, 4.69) is 44.2 Å². The SMILES string of the molecule is CC1(C)OB(c2ccc3onc(NC4CC4)c3c2)OC1(C)C. The monoisotopic (exact) mass is 300 g/mol. The average Bonchev–Trinajstić information content (AvgIpc) is 3.12. The first kappa shape index (κ1) is 14.1. The van der Waals surface area contributed by atoms with Crippen LogP contribution in [0.1, 0.15) is 40.5 Å². The molecule has 6 heteroatoms. The summed E-state index contributed by atoms with van der Waals surface area (Å²) < 4.78 is 17.6. The van der Waals surface area contributed by atoms with Crippen LogP contribution >= 0.6 is 0 Å². The largest absolute Gasteiger partial charge is 0.494 e. The quantitative estimate of drug-likeness (QED) is 0.883. The lowest BCUT2D eigenvalue weighted by atomic mass is 9.78. The first-order valence-electron chi connectivity index (χ1n) is 7.87. The van der Waals surface area contributed by atoms with Gasteiger partial charge in [-0.3, -0.25) is 0 Å². The zero-order chi connectivity index (χ0) is 15.5. The van der Waals surface area contributed by atoms with E-state index in [4.69, 9.17) is 13.8 Å². The van der Waals surface area contributed by atoms with Crippen LogP contribution in [0.2, 0.25) is 0 Å².